The third-order valence-electron chi connectivity index (χ3n) is 2.95. The smallest absolute Gasteiger partial charge is 0.158 e. The third kappa shape index (κ3) is 4.47. The van der Waals surface area contributed by atoms with Crippen LogP contribution in [-0.4, -0.2) is 25.7 Å². The lowest BCUT2D eigenvalue weighted by molar-refractivity contribution is -0.115. The maximum absolute atomic E-state index is 11.7. The molecule has 1 aliphatic carbocycles. The van der Waals surface area contributed by atoms with Crippen molar-refractivity contribution in [2.45, 2.75) is 45.4 Å². The van der Waals surface area contributed by atoms with E-state index in [2.05, 4.69) is 0 Å². The maximum Gasteiger partial charge on any atom is 0.158 e. The Hall–Kier alpha value is -0.640. The lowest BCUT2D eigenvalue weighted by atomic mass is 9.95. The molecule has 0 unspecified atom stereocenters. The first kappa shape index (κ1) is 13.4. The molecule has 92 valence electrons. The highest BCUT2D eigenvalue weighted by Gasteiger charge is 2.13. The van der Waals surface area contributed by atoms with Gasteiger partial charge in [0.05, 0.1) is 5.75 Å². The van der Waals surface area contributed by atoms with E-state index in [4.69, 9.17) is 0 Å². The number of ketones is 1. The van der Waals surface area contributed by atoms with E-state index in [-0.39, 0.29) is 17.3 Å². The molecule has 0 N–H and O–H groups in total. The summed E-state index contributed by atoms with van der Waals surface area (Å²) in [6, 6.07) is 0. The Morgan fingerprint density at radius 3 is 2.69 bits per heavy atom. The number of Topliss-reactive ketones (excluding diaryl/α,β-unsaturated/α-hetero) is 1. The van der Waals surface area contributed by atoms with Crippen LogP contribution in [0, 0.1) is 0 Å². The van der Waals surface area contributed by atoms with E-state index in [1.165, 1.54) is 6.42 Å². The van der Waals surface area contributed by atoms with E-state index in [1.54, 1.807) is 6.92 Å². The minimum absolute atomic E-state index is 0.141. The number of carbonyl (C=O) groups excluding carboxylic acids is 1. The predicted octanol–water partition coefficient (Wildman–Crippen LogP) is 2.27. The highest BCUT2D eigenvalue weighted by atomic mass is 32.2. The van der Waals surface area contributed by atoms with Crippen LogP contribution >= 0.6 is 0 Å². The molecule has 1 rings (SSSR count). The van der Waals surface area contributed by atoms with Crippen LogP contribution in [0.1, 0.15) is 45.4 Å². The summed E-state index contributed by atoms with van der Waals surface area (Å²) >= 11 is 0. The standard InChI is InChI=1S/C12H20O3S/c1-2-16(14,15)10-6-9-12(13)11-7-4-3-5-8-11/h7H,2-6,8-10H2,1H3. The first-order valence-electron chi connectivity index (χ1n) is 5.98. The molecule has 0 spiro atoms. The molecule has 1 aliphatic rings. The summed E-state index contributed by atoms with van der Waals surface area (Å²) in [5.74, 6) is 0.456. The van der Waals surface area contributed by atoms with Gasteiger partial charge in [0.1, 0.15) is 9.84 Å². The van der Waals surface area contributed by atoms with Crippen molar-refractivity contribution in [1.82, 2.24) is 0 Å². The number of rotatable bonds is 6. The van der Waals surface area contributed by atoms with E-state index >= 15 is 0 Å². The lowest BCUT2D eigenvalue weighted by Crippen LogP contribution is -2.12. The highest BCUT2D eigenvalue weighted by molar-refractivity contribution is 7.91. The number of hydrogen-bond donors (Lipinski definition) is 0. The normalized spacial score (nSPS) is 16.9. The van der Waals surface area contributed by atoms with Gasteiger partial charge in [0.15, 0.2) is 5.78 Å². The number of sulfone groups is 1. The molecule has 0 atom stereocenters. The average Bonchev–Trinajstić information content (AvgIpc) is 2.30. The molecule has 4 heteroatoms. The van der Waals surface area contributed by atoms with Gasteiger partial charge in [-0.25, -0.2) is 8.42 Å². The number of hydrogen-bond acceptors (Lipinski definition) is 3. The van der Waals surface area contributed by atoms with Gasteiger partial charge in [0.2, 0.25) is 0 Å². The zero-order valence-corrected chi connectivity index (χ0v) is 10.7. The molecular weight excluding hydrogens is 224 g/mol. The van der Waals surface area contributed by atoms with Crippen LogP contribution < -0.4 is 0 Å². The molecule has 16 heavy (non-hydrogen) atoms. The van der Waals surface area contributed by atoms with Gasteiger partial charge in [0, 0.05) is 12.2 Å². The van der Waals surface area contributed by atoms with E-state index in [1.807, 2.05) is 6.08 Å². The SMILES string of the molecule is CCS(=O)(=O)CCCC(=O)C1=CCCCC1. The van der Waals surface area contributed by atoms with Crippen molar-refractivity contribution in [2.24, 2.45) is 0 Å². The van der Waals surface area contributed by atoms with Crippen LogP contribution in [0.3, 0.4) is 0 Å². The number of allylic oxidation sites excluding steroid dienone is 2. The van der Waals surface area contributed by atoms with Crippen LogP contribution in [0.2, 0.25) is 0 Å². The fraction of sp³-hybridized carbons (Fsp3) is 0.750. The molecular formula is C12H20O3S. The van der Waals surface area contributed by atoms with Gasteiger partial charge < -0.3 is 0 Å². The summed E-state index contributed by atoms with van der Waals surface area (Å²) < 4.78 is 22.5. The Morgan fingerprint density at radius 1 is 1.38 bits per heavy atom. The molecule has 0 radical (unpaired) electrons. The van der Waals surface area contributed by atoms with Crippen LogP contribution in [0.25, 0.3) is 0 Å². The van der Waals surface area contributed by atoms with Gasteiger partial charge in [-0.05, 0) is 37.7 Å². The Balaban J connectivity index is 2.33. The topological polar surface area (TPSA) is 51.2 Å². The Labute approximate surface area is 97.8 Å². The fourth-order valence-electron chi connectivity index (χ4n) is 1.85. The Morgan fingerprint density at radius 2 is 2.12 bits per heavy atom. The molecule has 0 saturated heterocycles. The van der Waals surface area contributed by atoms with Gasteiger partial charge in [-0.15, -0.1) is 0 Å². The van der Waals surface area contributed by atoms with Crippen molar-refractivity contribution in [1.29, 1.82) is 0 Å². The molecule has 0 bridgehead atoms. The van der Waals surface area contributed by atoms with Crippen molar-refractivity contribution in [2.75, 3.05) is 11.5 Å². The molecule has 3 nitrogen and oxygen atoms in total. The fourth-order valence-corrected chi connectivity index (χ4v) is 2.72. The minimum atomic E-state index is -2.92. The second-order valence-electron chi connectivity index (χ2n) is 4.24. The van der Waals surface area contributed by atoms with Crippen molar-refractivity contribution in [3.05, 3.63) is 11.6 Å². The summed E-state index contributed by atoms with van der Waals surface area (Å²) in [5, 5.41) is 0. The Bertz CT molecular complexity index is 366. The van der Waals surface area contributed by atoms with Gasteiger partial charge in [-0.1, -0.05) is 13.0 Å². The van der Waals surface area contributed by atoms with E-state index in [9.17, 15) is 13.2 Å². The quantitative estimate of drug-likeness (QED) is 0.720. The summed E-state index contributed by atoms with van der Waals surface area (Å²) in [6.45, 7) is 1.64. The number of carbonyl (C=O) groups is 1. The van der Waals surface area contributed by atoms with Crippen molar-refractivity contribution < 1.29 is 13.2 Å². The summed E-state index contributed by atoms with van der Waals surface area (Å²) in [5.41, 5.74) is 0.917. The maximum atomic E-state index is 11.7. The van der Waals surface area contributed by atoms with Crippen molar-refractivity contribution in [3.8, 4) is 0 Å². The first-order valence-corrected chi connectivity index (χ1v) is 7.80. The van der Waals surface area contributed by atoms with E-state index in [0.29, 0.717) is 12.8 Å². The van der Waals surface area contributed by atoms with E-state index < -0.39 is 9.84 Å². The van der Waals surface area contributed by atoms with Crippen LogP contribution in [0.5, 0.6) is 0 Å². The van der Waals surface area contributed by atoms with Gasteiger partial charge in [-0.2, -0.15) is 0 Å². The van der Waals surface area contributed by atoms with E-state index in [0.717, 1.165) is 24.8 Å². The predicted molar refractivity (Wildman–Crippen MR) is 65.1 cm³/mol. The van der Waals surface area contributed by atoms with Crippen molar-refractivity contribution in [3.63, 3.8) is 0 Å². The molecule has 0 saturated carbocycles. The summed E-state index contributed by atoms with van der Waals surface area (Å²) in [7, 11) is -2.92. The van der Waals surface area contributed by atoms with Gasteiger partial charge in [0.25, 0.3) is 0 Å². The summed E-state index contributed by atoms with van der Waals surface area (Å²) in [4.78, 5) is 11.7. The lowest BCUT2D eigenvalue weighted by Gasteiger charge is -2.11. The summed E-state index contributed by atoms with van der Waals surface area (Å²) in [6.07, 6.45) is 6.98. The van der Waals surface area contributed by atoms with Gasteiger partial charge >= 0.3 is 0 Å². The molecule has 0 aromatic rings. The first-order chi connectivity index (χ1) is 7.55. The monoisotopic (exact) mass is 244 g/mol. The average molecular weight is 244 g/mol. The largest absolute Gasteiger partial charge is 0.295 e. The molecule has 0 fully saturated rings. The third-order valence-corrected chi connectivity index (χ3v) is 4.74. The molecule has 0 aromatic carbocycles. The van der Waals surface area contributed by atoms with Crippen LogP contribution in [-0.2, 0) is 14.6 Å². The van der Waals surface area contributed by atoms with Gasteiger partial charge in [-0.3, -0.25) is 4.79 Å². The van der Waals surface area contributed by atoms with Crippen LogP contribution in [0.4, 0.5) is 0 Å². The zero-order chi connectivity index (χ0) is 12.0. The second kappa shape index (κ2) is 6.18. The zero-order valence-electron chi connectivity index (χ0n) is 9.87. The highest BCUT2D eigenvalue weighted by Crippen LogP contribution is 2.19. The molecule has 0 aromatic heterocycles. The Kier molecular flexibility index (Phi) is 5.19. The molecule has 0 amide bonds. The molecule has 0 heterocycles. The second-order valence-corrected chi connectivity index (χ2v) is 6.71. The van der Waals surface area contributed by atoms with Crippen molar-refractivity contribution >= 4 is 15.6 Å². The molecule has 0 aliphatic heterocycles. The van der Waals surface area contributed by atoms with Crippen LogP contribution in [0.15, 0.2) is 11.6 Å². The minimum Gasteiger partial charge on any atom is -0.295 e.